The number of anilines is 2. The largest absolute Gasteiger partial charge is 0.495 e. The summed E-state index contributed by atoms with van der Waals surface area (Å²) in [5.41, 5.74) is 1.37. The van der Waals surface area contributed by atoms with Crippen LogP contribution in [0.2, 0.25) is 0 Å². The van der Waals surface area contributed by atoms with Gasteiger partial charge in [-0.15, -0.1) is 24.8 Å². The van der Waals surface area contributed by atoms with E-state index in [0.717, 1.165) is 31.7 Å². The Morgan fingerprint density at radius 3 is 2.78 bits per heavy atom. The number of benzene rings is 1. The second-order valence-corrected chi connectivity index (χ2v) is 6.19. The molecule has 0 bridgehead atoms. The Kier molecular flexibility index (Phi) is 9.35. The number of amides is 1. The number of likely N-dealkylation sites (tertiary alicyclic amines) is 1. The minimum absolute atomic E-state index is 0. The lowest BCUT2D eigenvalue weighted by Gasteiger charge is -2.19. The monoisotopic (exact) mass is 412 g/mol. The van der Waals surface area contributed by atoms with Gasteiger partial charge in [0.2, 0.25) is 0 Å². The van der Waals surface area contributed by atoms with Crippen LogP contribution in [0.15, 0.2) is 42.6 Å². The third-order valence-electron chi connectivity index (χ3n) is 4.46. The first-order valence-corrected chi connectivity index (χ1v) is 8.52. The third kappa shape index (κ3) is 5.48. The van der Waals surface area contributed by atoms with Crippen LogP contribution >= 0.6 is 24.8 Å². The Hall–Kier alpha value is -2.02. The zero-order chi connectivity index (χ0) is 17.6. The highest BCUT2D eigenvalue weighted by atomic mass is 35.5. The SMILES string of the molecule is CNCC1CCN(C(=O)c2cccnc2Nc2ccccc2OC)C1.Cl.Cl. The summed E-state index contributed by atoms with van der Waals surface area (Å²) in [6, 6.07) is 11.2. The van der Waals surface area contributed by atoms with Crippen LogP contribution in [0.3, 0.4) is 0 Å². The number of pyridine rings is 1. The molecule has 1 unspecified atom stereocenters. The van der Waals surface area contributed by atoms with E-state index >= 15 is 0 Å². The van der Waals surface area contributed by atoms with Gasteiger partial charge in [0.25, 0.3) is 5.91 Å². The second-order valence-electron chi connectivity index (χ2n) is 6.19. The van der Waals surface area contributed by atoms with Gasteiger partial charge < -0.3 is 20.3 Å². The molecular formula is C19H26Cl2N4O2. The summed E-state index contributed by atoms with van der Waals surface area (Å²) in [5.74, 6) is 1.79. The highest BCUT2D eigenvalue weighted by Gasteiger charge is 2.28. The highest BCUT2D eigenvalue weighted by molar-refractivity contribution is 5.99. The molecule has 3 rings (SSSR count). The maximum Gasteiger partial charge on any atom is 0.257 e. The number of rotatable bonds is 6. The van der Waals surface area contributed by atoms with Crippen molar-refractivity contribution in [1.29, 1.82) is 0 Å². The van der Waals surface area contributed by atoms with Gasteiger partial charge in [0.15, 0.2) is 0 Å². The molecule has 1 amide bonds. The molecule has 6 nitrogen and oxygen atoms in total. The lowest BCUT2D eigenvalue weighted by atomic mass is 10.1. The number of nitrogens with zero attached hydrogens (tertiary/aromatic N) is 2. The second kappa shape index (κ2) is 11.0. The van der Waals surface area contributed by atoms with Crippen molar-refractivity contribution in [3.05, 3.63) is 48.2 Å². The number of carbonyl (C=O) groups excluding carboxylic acids is 1. The third-order valence-corrected chi connectivity index (χ3v) is 4.46. The Morgan fingerprint density at radius 2 is 2.04 bits per heavy atom. The molecule has 1 aromatic heterocycles. The van der Waals surface area contributed by atoms with E-state index in [4.69, 9.17) is 4.74 Å². The van der Waals surface area contributed by atoms with Gasteiger partial charge >= 0.3 is 0 Å². The van der Waals surface area contributed by atoms with Crippen molar-refractivity contribution in [2.24, 2.45) is 5.92 Å². The van der Waals surface area contributed by atoms with Gasteiger partial charge in [0.1, 0.15) is 11.6 Å². The first kappa shape index (κ1) is 23.0. The number of aromatic nitrogens is 1. The predicted octanol–water partition coefficient (Wildman–Crippen LogP) is 3.36. The fourth-order valence-corrected chi connectivity index (χ4v) is 3.20. The summed E-state index contributed by atoms with van der Waals surface area (Å²) >= 11 is 0. The van der Waals surface area contributed by atoms with E-state index in [1.165, 1.54) is 0 Å². The van der Waals surface area contributed by atoms with Crippen LogP contribution in [0, 0.1) is 5.92 Å². The van der Waals surface area contributed by atoms with E-state index in [9.17, 15) is 4.79 Å². The standard InChI is InChI=1S/C19H24N4O2.2ClH/c1-20-12-14-9-11-23(13-14)19(24)15-6-5-10-21-18(15)22-16-7-3-4-8-17(16)25-2;;/h3-8,10,14,20H,9,11-13H2,1-2H3,(H,21,22);2*1H. The van der Waals surface area contributed by atoms with Gasteiger partial charge in [-0.3, -0.25) is 4.79 Å². The lowest BCUT2D eigenvalue weighted by molar-refractivity contribution is 0.0788. The van der Waals surface area contributed by atoms with Crippen molar-refractivity contribution >= 4 is 42.2 Å². The normalized spacial score (nSPS) is 15.5. The fourth-order valence-electron chi connectivity index (χ4n) is 3.20. The molecule has 1 aromatic carbocycles. The number of ether oxygens (including phenoxy) is 1. The van der Waals surface area contributed by atoms with E-state index < -0.39 is 0 Å². The molecule has 148 valence electrons. The van der Waals surface area contributed by atoms with Crippen molar-refractivity contribution in [3.63, 3.8) is 0 Å². The van der Waals surface area contributed by atoms with E-state index in [1.807, 2.05) is 42.3 Å². The number of halogens is 2. The Labute approximate surface area is 172 Å². The molecule has 1 aliphatic heterocycles. The van der Waals surface area contributed by atoms with Crippen LogP contribution in [0.1, 0.15) is 16.8 Å². The number of hydrogen-bond acceptors (Lipinski definition) is 5. The van der Waals surface area contributed by atoms with Gasteiger partial charge in [0, 0.05) is 19.3 Å². The molecule has 0 spiro atoms. The zero-order valence-corrected chi connectivity index (χ0v) is 17.1. The minimum Gasteiger partial charge on any atom is -0.495 e. The van der Waals surface area contributed by atoms with Gasteiger partial charge in [-0.25, -0.2) is 4.98 Å². The summed E-state index contributed by atoms with van der Waals surface area (Å²) < 4.78 is 5.37. The maximum atomic E-state index is 13.0. The van der Waals surface area contributed by atoms with Crippen molar-refractivity contribution in [2.75, 3.05) is 39.1 Å². The van der Waals surface area contributed by atoms with Gasteiger partial charge in [-0.05, 0) is 50.2 Å². The van der Waals surface area contributed by atoms with Crippen LogP contribution < -0.4 is 15.4 Å². The number of nitrogens with one attached hydrogen (secondary N) is 2. The maximum absolute atomic E-state index is 13.0. The van der Waals surface area contributed by atoms with E-state index in [-0.39, 0.29) is 30.7 Å². The van der Waals surface area contributed by atoms with Crippen LogP contribution in [-0.2, 0) is 0 Å². The summed E-state index contributed by atoms with van der Waals surface area (Å²) in [6.45, 7) is 2.50. The van der Waals surface area contributed by atoms with Crippen molar-refractivity contribution < 1.29 is 9.53 Å². The topological polar surface area (TPSA) is 66.5 Å². The van der Waals surface area contributed by atoms with Crippen LogP contribution in [0.4, 0.5) is 11.5 Å². The lowest BCUT2D eigenvalue weighted by Crippen LogP contribution is -2.31. The van der Waals surface area contributed by atoms with E-state index in [1.54, 1.807) is 19.4 Å². The van der Waals surface area contributed by atoms with Crippen LogP contribution in [0.25, 0.3) is 0 Å². The molecule has 2 N–H and O–H groups in total. The molecule has 1 aliphatic rings. The van der Waals surface area contributed by atoms with E-state index in [0.29, 0.717) is 23.0 Å². The molecule has 27 heavy (non-hydrogen) atoms. The van der Waals surface area contributed by atoms with Gasteiger partial charge in [0.05, 0.1) is 18.4 Å². The predicted molar refractivity (Wildman–Crippen MR) is 113 cm³/mol. The molecule has 0 saturated carbocycles. The summed E-state index contributed by atoms with van der Waals surface area (Å²) in [6.07, 6.45) is 2.71. The molecule has 8 heteroatoms. The molecule has 1 saturated heterocycles. The van der Waals surface area contributed by atoms with Gasteiger partial charge in [-0.1, -0.05) is 12.1 Å². The number of para-hydroxylation sites is 2. The molecule has 1 atom stereocenters. The molecule has 2 heterocycles. The first-order chi connectivity index (χ1) is 12.2. The minimum atomic E-state index is 0. The Bertz CT molecular complexity index is 745. The van der Waals surface area contributed by atoms with Crippen LogP contribution in [-0.4, -0.2) is 49.6 Å². The first-order valence-electron chi connectivity index (χ1n) is 8.52. The number of carbonyl (C=O) groups is 1. The smallest absolute Gasteiger partial charge is 0.257 e. The van der Waals surface area contributed by atoms with Crippen molar-refractivity contribution in [1.82, 2.24) is 15.2 Å². The molecule has 0 radical (unpaired) electrons. The Balaban J connectivity index is 0.00000182. The number of hydrogen-bond donors (Lipinski definition) is 2. The molecule has 1 fully saturated rings. The average Bonchev–Trinajstić information content (AvgIpc) is 3.11. The highest BCUT2D eigenvalue weighted by Crippen LogP contribution is 2.28. The van der Waals surface area contributed by atoms with Crippen molar-refractivity contribution in [2.45, 2.75) is 6.42 Å². The van der Waals surface area contributed by atoms with Crippen molar-refractivity contribution in [3.8, 4) is 5.75 Å². The van der Waals surface area contributed by atoms with Crippen LogP contribution in [0.5, 0.6) is 5.75 Å². The molecule has 2 aromatic rings. The quantitative estimate of drug-likeness (QED) is 0.761. The molecular weight excluding hydrogens is 387 g/mol. The Morgan fingerprint density at radius 1 is 1.26 bits per heavy atom. The molecule has 0 aliphatic carbocycles. The van der Waals surface area contributed by atoms with E-state index in [2.05, 4.69) is 15.6 Å². The number of methoxy groups -OCH3 is 1. The van der Waals surface area contributed by atoms with Gasteiger partial charge in [-0.2, -0.15) is 0 Å². The summed E-state index contributed by atoms with van der Waals surface area (Å²) in [4.78, 5) is 19.2. The average molecular weight is 413 g/mol. The zero-order valence-electron chi connectivity index (χ0n) is 15.5. The fraction of sp³-hybridized carbons (Fsp3) is 0.368. The summed E-state index contributed by atoms with van der Waals surface area (Å²) in [7, 11) is 3.57. The summed E-state index contributed by atoms with van der Waals surface area (Å²) in [5, 5.41) is 6.43.